The van der Waals surface area contributed by atoms with Gasteiger partial charge in [-0.3, -0.25) is 0 Å². The minimum atomic E-state index is 0.416. The summed E-state index contributed by atoms with van der Waals surface area (Å²) in [5, 5.41) is 0.416. The van der Waals surface area contributed by atoms with Gasteiger partial charge in [0.25, 0.3) is 0 Å². The summed E-state index contributed by atoms with van der Waals surface area (Å²) < 4.78 is 16.8. The van der Waals surface area contributed by atoms with Gasteiger partial charge in [0.2, 0.25) is 5.75 Å². The van der Waals surface area contributed by atoms with E-state index in [2.05, 4.69) is 42.5 Å². The van der Waals surface area contributed by atoms with Crippen LogP contribution >= 0.6 is 23.5 Å². The molecule has 2 unspecified atom stereocenters. The summed E-state index contributed by atoms with van der Waals surface area (Å²) in [7, 11) is 4.94. The molecule has 2 atom stereocenters. The van der Waals surface area contributed by atoms with Crippen molar-refractivity contribution in [2.24, 2.45) is 0 Å². The Labute approximate surface area is 145 Å². The third kappa shape index (κ3) is 3.40. The van der Waals surface area contributed by atoms with Crippen LogP contribution in [0.4, 0.5) is 0 Å². The zero-order valence-corrected chi connectivity index (χ0v) is 15.1. The molecule has 23 heavy (non-hydrogen) atoms. The van der Waals surface area contributed by atoms with Gasteiger partial charge < -0.3 is 14.2 Å². The van der Waals surface area contributed by atoms with E-state index in [1.165, 1.54) is 11.1 Å². The van der Waals surface area contributed by atoms with Crippen LogP contribution in [-0.2, 0) is 0 Å². The molecule has 0 spiro atoms. The Morgan fingerprint density at radius 1 is 0.870 bits per heavy atom. The fourth-order valence-corrected chi connectivity index (χ4v) is 5.95. The summed E-state index contributed by atoms with van der Waals surface area (Å²) in [6.07, 6.45) is 0. The number of benzene rings is 2. The lowest BCUT2D eigenvalue weighted by molar-refractivity contribution is 0.324. The Bertz CT molecular complexity index is 636. The molecule has 1 fully saturated rings. The van der Waals surface area contributed by atoms with Crippen LogP contribution in [0.1, 0.15) is 21.0 Å². The van der Waals surface area contributed by atoms with Crippen molar-refractivity contribution in [2.45, 2.75) is 9.83 Å². The molecule has 1 aliphatic rings. The molecule has 2 aromatic carbocycles. The molecule has 5 heteroatoms. The number of ether oxygens (including phenoxy) is 3. The van der Waals surface area contributed by atoms with Crippen molar-refractivity contribution in [2.75, 3.05) is 27.1 Å². The van der Waals surface area contributed by atoms with Crippen LogP contribution in [-0.4, -0.2) is 27.1 Å². The van der Waals surface area contributed by atoms with Crippen molar-refractivity contribution in [3.05, 3.63) is 53.6 Å². The molecule has 0 aliphatic carbocycles. The maximum Gasteiger partial charge on any atom is 0.203 e. The SMILES string of the molecule is COc1cc(C2CSC(c3ccccc3)S2)cc(OC)c1OC. The third-order valence-electron chi connectivity index (χ3n) is 3.82. The van der Waals surface area contributed by atoms with E-state index in [9.17, 15) is 0 Å². The topological polar surface area (TPSA) is 27.7 Å². The molecule has 0 N–H and O–H groups in total. The predicted octanol–water partition coefficient (Wildman–Crippen LogP) is 4.93. The Balaban J connectivity index is 1.85. The van der Waals surface area contributed by atoms with Crippen LogP contribution in [0.2, 0.25) is 0 Å². The maximum absolute atomic E-state index is 5.47. The highest BCUT2D eigenvalue weighted by molar-refractivity contribution is 8.19. The van der Waals surface area contributed by atoms with E-state index >= 15 is 0 Å². The van der Waals surface area contributed by atoms with Gasteiger partial charge in [-0.15, -0.1) is 23.5 Å². The lowest BCUT2D eigenvalue weighted by Crippen LogP contribution is -1.99. The second kappa shape index (κ2) is 7.41. The molecule has 0 saturated carbocycles. The van der Waals surface area contributed by atoms with Crippen LogP contribution in [0.5, 0.6) is 17.2 Å². The average molecular weight is 348 g/mol. The van der Waals surface area contributed by atoms with Gasteiger partial charge in [0.15, 0.2) is 11.5 Å². The van der Waals surface area contributed by atoms with E-state index < -0.39 is 0 Å². The van der Waals surface area contributed by atoms with Gasteiger partial charge in [0, 0.05) is 11.0 Å². The zero-order valence-electron chi connectivity index (χ0n) is 13.4. The third-order valence-corrected chi connectivity index (χ3v) is 7.16. The highest BCUT2D eigenvalue weighted by Gasteiger charge is 2.29. The fraction of sp³-hybridized carbons (Fsp3) is 0.333. The second-order valence-corrected chi connectivity index (χ2v) is 7.91. The summed E-state index contributed by atoms with van der Waals surface area (Å²) in [5.41, 5.74) is 2.59. The van der Waals surface area contributed by atoms with Crippen molar-refractivity contribution in [3.8, 4) is 17.2 Å². The first kappa shape index (κ1) is 16.4. The summed E-state index contributed by atoms with van der Waals surface area (Å²) in [4.78, 5) is 0. The van der Waals surface area contributed by atoms with E-state index in [0.29, 0.717) is 15.6 Å². The van der Waals surface area contributed by atoms with Crippen LogP contribution in [0.25, 0.3) is 0 Å². The maximum atomic E-state index is 5.47. The number of hydrogen-bond acceptors (Lipinski definition) is 5. The molecule has 122 valence electrons. The van der Waals surface area contributed by atoms with Crippen molar-refractivity contribution < 1.29 is 14.2 Å². The average Bonchev–Trinajstić information content (AvgIpc) is 3.11. The second-order valence-electron chi connectivity index (χ2n) is 5.16. The Kier molecular flexibility index (Phi) is 5.28. The van der Waals surface area contributed by atoms with Crippen LogP contribution < -0.4 is 14.2 Å². The van der Waals surface area contributed by atoms with E-state index in [1.54, 1.807) is 21.3 Å². The summed E-state index contributed by atoms with van der Waals surface area (Å²) in [5.74, 6) is 3.16. The Morgan fingerprint density at radius 2 is 1.52 bits per heavy atom. The van der Waals surface area contributed by atoms with Crippen molar-refractivity contribution in [3.63, 3.8) is 0 Å². The largest absolute Gasteiger partial charge is 0.493 e. The Morgan fingerprint density at radius 3 is 2.09 bits per heavy atom. The van der Waals surface area contributed by atoms with Gasteiger partial charge in [0.05, 0.1) is 25.9 Å². The molecule has 1 heterocycles. The molecule has 2 aromatic rings. The van der Waals surface area contributed by atoms with E-state index in [-0.39, 0.29) is 0 Å². The number of rotatable bonds is 5. The minimum absolute atomic E-state index is 0.416. The van der Waals surface area contributed by atoms with Crippen LogP contribution in [0.3, 0.4) is 0 Å². The first-order chi connectivity index (χ1) is 11.3. The molecule has 0 radical (unpaired) electrons. The van der Waals surface area contributed by atoms with Crippen molar-refractivity contribution in [1.82, 2.24) is 0 Å². The van der Waals surface area contributed by atoms with E-state index in [0.717, 1.165) is 17.3 Å². The summed E-state index contributed by atoms with van der Waals surface area (Å²) in [6, 6.07) is 14.8. The predicted molar refractivity (Wildman–Crippen MR) is 98.1 cm³/mol. The molecule has 3 rings (SSSR count). The highest BCUT2D eigenvalue weighted by atomic mass is 32.2. The zero-order chi connectivity index (χ0) is 16.2. The first-order valence-corrected chi connectivity index (χ1v) is 9.38. The first-order valence-electron chi connectivity index (χ1n) is 7.38. The summed E-state index contributed by atoms with van der Waals surface area (Å²) >= 11 is 3.97. The lowest BCUT2D eigenvalue weighted by Gasteiger charge is -2.17. The molecule has 3 nitrogen and oxygen atoms in total. The number of hydrogen-bond donors (Lipinski definition) is 0. The molecular weight excluding hydrogens is 328 g/mol. The fourth-order valence-electron chi connectivity index (χ4n) is 2.65. The smallest absolute Gasteiger partial charge is 0.203 e. The molecule has 1 saturated heterocycles. The quantitative estimate of drug-likeness (QED) is 0.763. The number of thioether (sulfide) groups is 2. The molecule has 0 amide bonds. The normalized spacial score (nSPS) is 20.3. The van der Waals surface area contributed by atoms with Crippen molar-refractivity contribution >= 4 is 23.5 Å². The number of methoxy groups -OCH3 is 3. The van der Waals surface area contributed by atoms with Gasteiger partial charge in [-0.05, 0) is 23.3 Å². The highest BCUT2D eigenvalue weighted by Crippen LogP contribution is 2.56. The summed E-state index contributed by atoms with van der Waals surface area (Å²) in [6.45, 7) is 0. The van der Waals surface area contributed by atoms with Crippen molar-refractivity contribution in [1.29, 1.82) is 0 Å². The van der Waals surface area contributed by atoms with Crippen LogP contribution in [0.15, 0.2) is 42.5 Å². The van der Waals surface area contributed by atoms with Gasteiger partial charge in [-0.1, -0.05) is 30.3 Å². The molecule has 0 aromatic heterocycles. The standard InChI is InChI=1S/C18H20O3S2/c1-19-14-9-13(10-15(20-2)17(14)21-3)16-11-22-18(23-16)12-7-5-4-6-8-12/h4-10,16,18H,11H2,1-3H3. The van der Waals surface area contributed by atoms with E-state index in [4.69, 9.17) is 14.2 Å². The lowest BCUT2D eigenvalue weighted by atomic mass is 10.1. The molecular formula is C18H20O3S2. The minimum Gasteiger partial charge on any atom is -0.493 e. The van der Waals surface area contributed by atoms with Gasteiger partial charge in [0.1, 0.15) is 0 Å². The Hall–Kier alpha value is -1.46. The van der Waals surface area contributed by atoms with Gasteiger partial charge in [-0.25, -0.2) is 0 Å². The molecule has 1 aliphatic heterocycles. The van der Waals surface area contributed by atoms with E-state index in [1.807, 2.05) is 23.5 Å². The van der Waals surface area contributed by atoms with Gasteiger partial charge in [-0.2, -0.15) is 0 Å². The molecule has 0 bridgehead atoms. The van der Waals surface area contributed by atoms with Crippen LogP contribution in [0, 0.1) is 0 Å². The van der Waals surface area contributed by atoms with Gasteiger partial charge >= 0.3 is 0 Å². The monoisotopic (exact) mass is 348 g/mol.